The van der Waals surface area contributed by atoms with E-state index in [0.29, 0.717) is 19.7 Å². The monoisotopic (exact) mass is 460 g/mol. The molecule has 1 aromatic heterocycles. The van der Waals surface area contributed by atoms with Crippen molar-refractivity contribution in [2.45, 2.75) is 13.5 Å². The third kappa shape index (κ3) is 7.20. The molecule has 1 heterocycles. The first-order chi connectivity index (χ1) is 11.7. The maximum absolute atomic E-state index is 5.75. The van der Waals surface area contributed by atoms with E-state index in [1.54, 1.807) is 19.4 Å². The third-order valence-electron chi connectivity index (χ3n) is 3.33. The number of benzene rings is 1. The van der Waals surface area contributed by atoms with Crippen LogP contribution in [0.4, 0.5) is 0 Å². The molecule has 0 unspecified atom stereocenters. The average Bonchev–Trinajstić information content (AvgIpc) is 3.12. The molecule has 2 rings (SSSR count). The van der Waals surface area contributed by atoms with Crippen LogP contribution in [-0.4, -0.2) is 49.9 Å². The highest BCUT2D eigenvalue weighted by atomic mass is 127. The number of guanidine groups is 1. The van der Waals surface area contributed by atoms with Gasteiger partial charge in [0.25, 0.3) is 0 Å². The summed E-state index contributed by atoms with van der Waals surface area (Å²) in [4.78, 5) is 6.56. The third-order valence-corrected chi connectivity index (χ3v) is 3.33. The maximum Gasteiger partial charge on any atom is 0.194 e. The predicted octanol–water partition coefficient (Wildman–Crippen LogP) is 2.78. The zero-order valence-corrected chi connectivity index (χ0v) is 17.1. The van der Waals surface area contributed by atoms with Gasteiger partial charge in [-0.05, 0) is 31.2 Å². The van der Waals surface area contributed by atoms with Crippen molar-refractivity contribution in [1.82, 2.24) is 15.4 Å². The zero-order chi connectivity index (χ0) is 17.2. The normalized spacial score (nSPS) is 10.8. The molecule has 0 saturated heterocycles. The minimum Gasteiger partial charge on any atom is -0.497 e. The minimum absolute atomic E-state index is 0. The van der Waals surface area contributed by atoms with Crippen molar-refractivity contribution in [3.63, 3.8) is 0 Å². The quantitative estimate of drug-likeness (QED) is 0.371. The number of aromatic nitrogens is 1. The van der Waals surface area contributed by atoms with Crippen molar-refractivity contribution < 1.29 is 14.0 Å². The summed E-state index contributed by atoms with van der Waals surface area (Å²) in [5, 5.41) is 7.11. The van der Waals surface area contributed by atoms with Gasteiger partial charge in [0.15, 0.2) is 5.96 Å². The molecular weight excluding hydrogens is 435 g/mol. The minimum atomic E-state index is 0. The zero-order valence-electron chi connectivity index (χ0n) is 14.8. The van der Waals surface area contributed by atoms with Crippen molar-refractivity contribution >= 4 is 29.9 Å². The van der Waals surface area contributed by atoms with Gasteiger partial charge in [-0.1, -0.05) is 5.16 Å². The summed E-state index contributed by atoms with van der Waals surface area (Å²) < 4.78 is 15.7. The molecule has 0 bridgehead atoms. The molecule has 8 heteroatoms. The largest absolute Gasteiger partial charge is 0.497 e. The fourth-order valence-electron chi connectivity index (χ4n) is 2.02. The molecule has 0 fully saturated rings. The molecule has 1 aromatic carbocycles. The molecule has 0 aliphatic rings. The molecule has 7 nitrogen and oxygen atoms in total. The number of rotatable bonds is 8. The summed E-state index contributed by atoms with van der Waals surface area (Å²) in [6.45, 7) is 4.56. The topological polar surface area (TPSA) is 72.1 Å². The molecule has 0 amide bonds. The van der Waals surface area contributed by atoms with Crippen molar-refractivity contribution in [3.8, 4) is 11.5 Å². The Labute approximate surface area is 165 Å². The second kappa shape index (κ2) is 11.6. The standard InChI is InChI=1S/C17H24N4O3.HI/c1-4-18-17(19-13-14-9-11-24-20-14)21(2)10-12-23-16-7-5-15(22-3)6-8-16;/h5-9,11H,4,10,12-13H2,1-3H3,(H,18,19);1H. The van der Waals surface area contributed by atoms with Crippen molar-refractivity contribution in [3.05, 3.63) is 42.3 Å². The van der Waals surface area contributed by atoms with Gasteiger partial charge in [-0.25, -0.2) is 4.99 Å². The summed E-state index contributed by atoms with van der Waals surface area (Å²) in [5.74, 6) is 2.43. The first kappa shape index (κ1) is 21.1. The maximum atomic E-state index is 5.75. The molecule has 0 aliphatic heterocycles. The number of halogens is 1. The summed E-state index contributed by atoms with van der Waals surface area (Å²) in [6, 6.07) is 9.34. The Morgan fingerprint density at radius 2 is 1.96 bits per heavy atom. The molecule has 2 aromatic rings. The molecule has 1 N–H and O–H groups in total. The van der Waals surface area contributed by atoms with Crippen molar-refractivity contribution in [1.29, 1.82) is 0 Å². The van der Waals surface area contributed by atoms with Crippen LogP contribution in [-0.2, 0) is 6.54 Å². The van der Waals surface area contributed by atoms with Crippen LogP contribution >= 0.6 is 24.0 Å². The van der Waals surface area contributed by atoms with Gasteiger partial charge in [-0.3, -0.25) is 0 Å². The van der Waals surface area contributed by atoms with Gasteiger partial charge < -0.3 is 24.2 Å². The van der Waals surface area contributed by atoms with Crippen LogP contribution in [0.5, 0.6) is 11.5 Å². The van der Waals surface area contributed by atoms with Gasteiger partial charge in [0.05, 0.1) is 20.2 Å². The number of hydrogen-bond donors (Lipinski definition) is 1. The van der Waals surface area contributed by atoms with Crippen LogP contribution in [0.2, 0.25) is 0 Å². The van der Waals surface area contributed by atoms with Crippen molar-refractivity contribution in [2.75, 3.05) is 33.9 Å². The molecular formula is C17H25IN4O3. The van der Waals surface area contributed by atoms with Gasteiger partial charge in [0.2, 0.25) is 0 Å². The molecule has 138 valence electrons. The van der Waals surface area contributed by atoms with Gasteiger partial charge >= 0.3 is 0 Å². The fourth-order valence-corrected chi connectivity index (χ4v) is 2.02. The first-order valence-corrected chi connectivity index (χ1v) is 7.88. The van der Waals surface area contributed by atoms with Crippen LogP contribution in [0, 0.1) is 0 Å². The second-order valence-electron chi connectivity index (χ2n) is 5.11. The number of likely N-dealkylation sites (N-methyl/N-ethyl adjacent to an activating group) is 1. The smallest absolute Gasteiger partial charge is 0.194 e. The molecule has 0 atom stereocenters. The van der Waals surface area contributed by atoms with E-state index in [9.17, 15) is 0 Å². The van der Waals surface area contributed by atoms with Crippen LogP contribution in [0.15, 0.2) is 46.1 Å². The summed E-state index contributed by atoms with van der Waals surface area (Å²) in [6.07, 6.45) is 1.55. The Hall–Kier alpha value is -1.97. The van der Waals surface area contributed by atoms with Crippen LogP contribution in [0.1, 0.15) is 12.6 Å². The summed E-state index contributed by atoms with van der Waals surface area (Å²) in [7, 11) is 3.62. The first-order valence-electron chi connectivity index (χ1n) is 7.88. The van der Waals surface area contributed by atoms with E-state index in [1.807, 2.05) is 43.1 Å². The van der Waals surface area contributed by atoms with E-state index in [-0.39, 0.29) is 24.0 Å². The van der Waals surface area contributed by atoms with E-state index in [2.05, 4.69) is 15.5 Å². The number of hydrogen-bond acceptors (Lipinski definition) is 5. The Bertz CT molecular complexity index is 617. The van der Waals surface area contributed by atoms with E-state index < -0.39 is 0 Å². The number of nitrogens with zero attached hydrogens (tertiary/aromatic N) is 3. The van der Waals surface area contributed by atoms with E-state index >= 15 is 0 Å². The average molecular weight is 460 g/mol. The second-order valence-corrected chi connectivity index (χ2v) is 5.11. The summed E-state index contributed by atoms with van der Waals surface area (Å²) in [5.41, 5.74) is 0.799. The van der Waals surface area contributed by atoms with Crippen LogP contribution < -0.4 is 14.8 Å². The predicted molar refractivity (Wildman–Crippen MR) is 108 cm³/mol. The van der Waals surface area contributed by atoms with E-state index in [4.69, 9.17) is 14.0 Å². The fraction of sp³-hybridized carbons (Fsp3) is 0.412. The lowest BCUT2D eigenvalue weighted by molar-refractivity contribution is 0.281. The van der Waals surface area contributed by atoms with Gasteiger partial charge in [-0.15, -0.1) is 24.0 Å². The number of ether oxygens (including phenoxy) is 2. The lowest BCUT2D eigenvalue weighted by atomic mass is 10.3. The highest BCUT2D eigenvalue weighted by Gasteiger charge is 2.06. The molecule has 25 heavy (non-hydrogen) atoms. The molecule has 0 saturated carbocycles. The van der Waals surface area contributed by atoms with E-state index in [0.717, 1.165) is 29.7 Å². The van der Waals surface area contributed by atoms with Gasteiger partial charge in [-0.2, -0.15) is 0 Å². The molecule has 0 spiro atoms. The van der Waals surface area contributed by atoms with E-state index in [1.165, 1.54) is 0 Å². The highest BCUT2D eigenvalue weighted by molar-refractivity contribution is 14.0. The SMILES string of the molecule is CCNC(=NCc1ccon1)N(C)CCOc1ccc(OC)cc1.I. The number of nitrogens with one attached hydrogen (secondary N) is 1. The summed E-state index contributed by atoms with van der Waals surface area (Å²) >= 11 is 0. The molecule has 0 aliphatic carbocycles. The highest BCUT2D eigenvalue weighted by Crippen LogP contribution is 2.16. The lowest BCUT2D eigenvalue weighted by Gasteiger charge is -2.22. The van der Waals surface area contributed by atoms with Gasteiger partial charge in [0, 0.05) is 19.7 Å². The van der Waals surface area contributed by atoms with Crippen molar-refractivity contribution in [2.24, 2.45) is 4.99 Å². The van der Waals surface area contributed by atoms with Crippen LogP contribution in [0.3, 0.4) is 0 Å². The lowest BCUT2D eigenvalue weighted by Crippen LogP contribution is -2.40. The Morgan fingerprint density at radius 3 is 2.56 bits per heavy atom. The number of aliphatic imine (C=N–C) groups is 1. The van der Waals surface area contributed by atoms with Crippen LogP contribution in [0.25, 0.3) is 0 Å². The van der Waals surface area contributed by atoms with Gasteiger partial charge in [0.1, 0.15) is 30.1 Å². The molecule has 0 radical (unpaired) electrons. The Morgan fingerprint density at radius 1 is 1.24 bits per heavy atom. The Balaban J connectivity index is 0.00000312. The number of methoxy groups -OCH3 is 1. The Kier molecular flexibility index (Phi) is 9.75.